The molecule has 2 aromatic carbocycles. The van der Waals surface area contributed by atoms with Crippen LogP contribution in [0.5, 0.6) is 0 Å². The SMILES string of the molecule is CNCCN(CCCC[C@H](N[C@H]1CCc2ccccc2N(CC(=O)O)C1=O)C(=O)O)C(=O)CCCCCc1c(-c2cccnc2)n(C)c2ccc(Cl)cc12. The number of rotatable bonds is 20. The molecule has 4 N–H and O–H groups in total. The molecule has 0 saturated heterocycles. The number of carboxylic acids is 2. The van der Waals surface area contributed by atoms with Crippen molar-refractivity contribution in [2.24, 2.45) is 7.05 Å². The number of hydrogen-bond acceptors (Lipinski definition) is 7. The number of nitrogens with zero attached hydrogens (tertiary/aromatic N) is 4. The Morgan fingerprint density at radius 1 is 1.02 bits per heavy atom. The molecular formula is C41H51ClN6O6. The molecule has 13 heteroatoms. The van der Waals surface area contributed by atoms with Crippen LogP contribution in [0.4, 0.5) is 5.69 Å². The van der Waals surface area contributed by atoms with Crippen LogP contribution in [0.1, 0.15) is 62.5 Å². The summed E-state index contributed by atoms with van der Waals surface area (Å²) in [6.07, 6.45) is 9.74. The predicted octanol–water partition coefficient (Wildman–Crippen LogP) is 5.69. The highest BCUT2D eigenvalue weighted by Gasteiger charge is 2.34. The van der Waals surface area contributed by atoms with Gasteiger partial charge in [0, 0.05) is 72.7 Å². The Morgan fingerprint density at radius 3 is 2.57 bits per heavy atom. The second kappa shape index (κ2) is 19.5. The van der Waals surface area contributed by atoms with Gasteiger partial charge in [-0.15, -0.1) is 0 Å². The molecule has 0 spiro atoms. The number of carbonyl (C=O) groups is 4. The van der Waals surface area contributed by atoms with Gasteiger partial charge in [0.05, 0.1) is 11.7 Å². The van der Waals surface area contributed by atoms with Crippen molar-refractivity contribution in [3.63, 3.8) is 0 Å². The number of carboxylic acid groups (broad SMARTS) is 2. The molecule has 0 saturated carbocycles. The first-order valence-electron chi connectivity index (χ1n) is 18.8. The number of para-hydroxylation sites is 1. The van der Waals surface area contributed by atoms with Gasteiger partial charge in [-0.25, -0.2) is 0 Å². The first-order chi connectivity index (χ1) is 26.1. The van der Waals surface area contributed by atoms with Crippen LogP contribution in [0.25, 0.3) is 22.2 Å². The predicted molar refractivity (Wildman–Crippen MR) is 211 cm³/mol. The van der Waals surface area contributed by atoms with Crippen molar-refractivity contribution in [1.82, 2.24) is 25.1 Å². The third-order valence-electron chi connectivity index (χ3n) is 10.2. The molecule has 54 heavy (non-hydrogen) atoms. The minimum absolute atomic E-state index is 0.0771. The molecule has 0 bridgehead atoms. The lowest BCUT2D eigenvalue weighted by atomic mass is 10.00. The maximum absolute atomic E-state index is 13.5. The Kier molecular flexibility index (Phi) is 14.6. The van der Waals surface area contributed by atoms with Crippen LogP contribution in [0.2, 0.25) is 5.02 Å². The van der Waals surface area contributed by atoms with Gasteiger partial charge < -0.3 is 25.0 Å². The number of benzene rings is 2. The second-order valence-electron chi connectivity index (χ2n) is 13.9. The fraction of sp³-hybridized carbons (Fsp3) is 0.439. The van der Waals surface area contributed by atoms with Crippen LogP contribution in [0.3, 0.4) is 0 Å². The molecule has 2 atom stereocenters. The molecule has 1 aliphatic heterocycles. The number of halogens is 1. The number of aryl methyl sites for hydroxylation is 3. The first-order valence-corrected chi connectivity index (χ1v) is 19.2. The smallest absolute Gasteiger partial charge is 0.323 e. The summed E-state index contributed by atoms with van der Waals surface area (Å²) in [4.78, 5) is 58.2. The minimum Gasteiger partial charge on any atom is -0.480 e. The fourth-order valence-electron chi connectivity index (χ4n) is 7.48. The van der Waals surface area contributed by atoms with Crippen LogP contribution in [0, 0.1) is 0 Å². The van der Waals surface area contributed by atoms with Gasteiger partial charge in [0.25, 0.3) is 0 Å². The highest BCUT2D eigenvalue weighted by Crippen LogP contribution is 2.35. The van der Waals surface area contributed by atoms with E-state index >= 15 is 0 Å². The lowest BCUT2D eigenvalue weighted by Gasteiger charge is -2.27. The van der Waals surface area contributed by atoms with E-state index in [2.05, 4.69) is 33.3 Å². The Morgan fingerprint density at radius 2 is 1.83 bits per heavy atom. The summed E-state index contributed by atoms with van der Waals surface area (Å²) in [6, 6.07) is 15.3. The summed E-state index contributed by atoms with van der Waals surface area (Å²) < 4.78 is 2.20. The molecule has 288 valence electrons. The maximum atomic E-state index is 13.5. The molecule has 5 rings (SSSR count). The van der Waals surface area contributed by atoms with Crippen LogP contribution in [-0.2, 0) is 39.1 Å². The summed E-state index contributed by atoms with van der Waals surface area (Å²) in [6.45, 7) is 1.19. The summed E-state index contributed by atoms with van der Waals surface area (Å²) in [5.74, 6) is -2.59. The molecule has 0 aliphatic carbocycles. The van der Waals surface area contributed by atoms with E-state index in [1.54, 1.807) is 18.3 Å². The second-order valence-corrected chi connectivity index (χ2v) is 14.4. The van der Waals surface area contributed by atoms with Crippen molar-refractivity contribution in [1.29, 1.82) is 0 Å². The molecule has 12 nitrogen and oxygen atoms in total. The number of aromatic nitrogens is 2. The fourth-order valence-corrected chi connectivity index (χ4v) is 7.65. The number of amides is 2. The summed E-state index contributed by atoms with van der Waals surface area (Å²) >= 11 is 6.41. The van der Waals surface area contributed by atoms with E-state index in [0.29, 0.717) is 62.4 Å². The number of anilines is 1. The lowest BCUT2D eigenvalue weighted by molar-refractivity contribution is -0.141. The molecule has 2 aromatic heterocycles. The van der Waals surface area contributed by atoms with Crippen LogP contribution in [0.15, 0.2) is 67.0 Å². The number of likely N-dealkylation sites (N-methyl/N-ethyl adjacent to an activating group) is 1. The van der Waals surface area contributed by atoms with E-state index in [1.165, 1.54) is 10.5 Å². The van der Waals surface area contributed by atoms with E-state index in [1.807, 2.05) is 54.5 Å². The summed E-state index contributed by atoms with van der Waals surface area (Å²) in [5, 5.41) is 27.5. The average molecular weight is 759 g/mol. The molecule has 0 radical (unpaired) electrons. The van der Waals surface area contributed by atoms with E-state index in [9.17, 15) is 29.4 Å². The monoisotopic (exact) mass is 758 g/mol. The van der Waals surface area contributed by atoms with Gasteiger partial charge in [0.2, 0.25) is 11.8 Å². The van der Waals surface area contributed by atoms with Gasteiger partial charge in [-0.2, -0.15) is 0 Å². The number of carbonyl (C=O) groups excluding carboxylic acids is 2. The molecule has 2 amide bonds. The number of nitrogens with one attached hydrogen (secondary N) is 2. The normalized spacial score (nSPS) is 14.8. The van der Waals surface area contributed by atoms with Crippen molar-refractivity contribution in [3.05, 3.63) is 83.1 Å². The van der Waals surface area contributed by atoms with E-state index in [0.717, 1.165) is 53.4 Å². The van der Waals surface area contributed by atoms with Gasteiger partial charge in [0.15, 0.2) is 0 Å². The number of hydrogen-bond donors (Lipinski definition) is 4. The van der Waals surface area contributed by atoms with Gasteiger partial charge in [-0.3, -0.25) is 34.4 Å². The third kappa shape index (κ3) is 10.2. The first kappa shape index (κ1) is 40.4. The van der Waals surface area contributed by atoms with Gasteiger partial charge in [0.1, 0.15) is 12.6 Å². The third-order valence-corrected chi connectivity index (χ3v) is 10.5. The van der Waals surface area contributed by atoms with E-state index in [4.69, 9.17) is 11.6 Å². The van der Waals surface area contributed by atoms with Crippen molar-refractivity contribution in [3.8, 4) is 11.3 Å². The van der Waals surface area contributed by atoms with Crippen LogP contribution < -0.4 is 15.5 Å². The minimum atomic E-state index is -1.15. The van der Waals surface area contributed by atoms with Gasteiger partial charge in [-0.1, -0.05) is 36.2 Å². The number of fused-ring (bicyclic) bond motifs is 2. The van der Waals surface area contributed by atoms with E-state index in [-0.39, 0.29) is 12.3 Å². The molecule has 4 aromatic rings. The zero-order valence-electron chi connectivity index (χ0n) is 31.1. The van der Waals surface area contributed by atoms with Crippen molar-refractivity contribution < 1.29 is 29.4 Å². The standard InChI is InChI=1S/C41H51ClN6O6/c1-43-22-24-47(23-9-8-14-34(41(53)54)45-33-19-17-28-11-6-7-15-35(28)48(40(33)52)27-38(50)51)37(49)16-5-3-4-13-31-32-25-30(42)18-20-36(32)46(2)39(31)29-12-10-21-44-26-29/h6-7,10-12,15,18,20-21,25-26,33-34,43,45H,3-5,8-9,13-14,16-17,19,22-24,27H2,1-2H3,(H,50,51)(H,53,54)/t33-,34-/m0/s1. The lowest BCUT2D eigenvalue weighted by Crippen LogP contribution is -2.52. The Labute approximate surface area is 321 Å². The van der Waals surface area contributed by atoms with Gasteiger partial charge in [-0.05, 0) is 106 Å². The van der Waals surface area contributed by atoms with Crippen molar-refractivity contribution in [2.75, 3.05) is 38.1 Å². The molecule has 0 fully saturated rings. The van der Waals surface area contributed by atoms with Gasteiger partial charge >= 0.3 is 11.9 Å². The Hall–Kier alpha value is -4.78. The highest BCUT2D eigenvalue weighted by atomic mass is 35.5. The summed E-state index contributed by atoms with van der Waals surface area (Å²) in [7, 11) is 3.91. The van der Waals surface area contributed by atoms with Crippen molar-refractivity contribution in [2.45, 2.75) is 76.3 Å². The van der Waals surface area contributed by atoms with Crippen molar-refractivity contribution >= 4 is 51.9 Å². The topological polar surface area (TPSA) is 157 Å². The van der Waals surface area contributed by atoms with Crippen LogP contribution in [-0.4, -0.2) is 93.7 Å². The zero-order chi connectivity index (χ0) is 38.6. The van der Waals surface area contributed by atoms with Crippen LogP contribution >= 0.6 is 11.6 Å². The Bertz CT molecular complexity index is 1920. The molecule has 1 aliphatic rings. The molecule has 3 heterocycles. The number of pyridine rings is 1. The van der Waals surface area contributed by atoms with E-state index < -0.39 is 36.5 Å². The zero-order valence-corrected chi connectivity index (χ0v) is 31.9. The maximum Gasteiger partial charge on any atom is 0.323 e. The number of unbranched alkanes of at least 4 members (excludes halogenated alkanes) is 3. The summed E-state index contributed by atoms with van der Waals surface area (Å²) in [5.41, 5.74) is 5.90. The average Bonchev–Trinajstić information content (AvgIpc) is 3.36. The Balaban J connectivity index is 1.12. The largest absolute Gasteiger partial charge is 0.480 e. The molecule has 0 unspecified atom stereocenters. The highest BCUT2D eigenvalue weighted by molar-refractivity contribution is 6.31. The quantitative estimate of drug-likeness (QED) is 0.0832. The molecular weight excluding hydrogens is 708 g/mol. The number of aliphatic carboxylic acids is 2.